The first-order valence-electron chi connectivity index (χ1n) is 1.44. The molecule has 0 amide bonds. The van der Waals surface area contributed by atoms with Crippen LogP contribution in [0.15, 0.2) is 6.97 Å². The summed E-state index contributed by atoms with van der Waals surface area (Å²) in [5, 5.41) is 0. The predicted octanol–water partition coefficient (Wildman–Crippen LogP) is 3.62. The van der Waals surface area contributed by atoms with Crippen LogP contribution < -0.4 is 0 Å². The molecule has 7 heavy (non-hydrogen) atoms. The molecule has 4 heteroatoms. The second-order valence-electron chi connectivity index (χ2n) is 0.799. The van der Waals surface area contributed by atoms with Crippen LogP contribution in [0.5, 0.6) is 0 Å². The lowest BCUT2D eigenvalue weighted by molar-refractivity contribution is 1.74. The summed E-state index contributed by atoms with van der Waals surface area (Å²) in [6.45, 7) is 0. The highest BCUT2D eigenvalue weighted by molar-refractivity contribution is 14.1. The number of hydrogen-bond donors (Lipinski definition) is 0. The molecule has 0 aliphatic rings. The van der Waals surface area contributed by atoms with Crippen LogP contribution in [0.3, 0.4) is 0 Å². The van der Waals surface area contributed by atoms with Crippen molar-refractivity contribution < 1.29 is 0 Å². The molecule has 0 unspecified atom stereocenters. The van der Waals surface area contributed by atoms with Crippen molar-refractivity contribution in [3.63, 3.8) is 0 Å². The van der Waals surface area contributed by atoms with E-state index in [4.69, 9.17) is 11.6 Å². The SMILES string of the molecule is ClC/C(Br)=C(/Br)I. The molecule has 0 saturated carbocycles. The highest BCUT2D eigenvalue weighted by atomic mass is 127. The predicted molar refractivity (Wildman–Crippen MR) is 49.6 cm³/mol. The Morgan fingerprint density at radius 2 is 2.00 bits per heavy atom. The lowest BCUT2D eigenvalue weighted by Crippen LogP contribution is -1.67. The maximum atomic E-state index is 5.41. The Hall–Kier alpha value is 1.72. The fourth-order valence-corrected chi connectivity index (χ4v) is 0.902. The number of alkyl halides is 1. The van der Waals surface area contributed by atoms with Crippen molar-refractivity contribution in [2.24, 2.45) is 0 Å². The Kier molecular flexibility index (Phi) is 5.71. The zero-order valence-corrected chi connectivity index (χ0v) is 9.30. The largest absolute Gasteiger partial charge is 0.121 e. The highest BCUT2D eigenvalue weighted by Crippen LogP contribution is 2.24. The van der Waals surface area contributed by atoms with E-state index in [2.05, 4.69) is 54.5 Å². The van der Waals surface area contributed by atoms with Crippen LogP contribution in [0.2, 0.25) is 0 Å². The first-order chi connectivity index (χ1) is 3.18. The Labute approximate surface area is 78.1 Å². The van der Waals surface area contributed by atoms with Gasteiger partial charge in [-0.2, -0.15) is 0 Å². The van der Waals surface area contributed by atoms with Crippen LogP contribution in [0, 0.1) is 0 Å². The van der Waals surface area contributed by atoms with Crippen molar-refractivity contribution >= 4 is 66.1 Å². The molecular formula is C3H2Br2ClI. The summed E-state index contributed by atoms with van der Waals surface area (Å²) in [7, 11) is 0. The van der Waals surface area contributed by atoms with Crippen LogP contribution in [-0.4, -0.2) is 5.88 Å². The third-order valence-electron chi connectivity index (χ3n) is 0.322. The molecule has 0 radical (unpaired) electrons. The average molecular weight is 360 g/mol. The average Bonchev–Trinajstić information content (AvgIpc) is 1.65. The van der Waals surface area contributed by atoms with Crippen molar-refractivity contribution in [3.05, 3.63) is 6.97 Å². The Morgan fingerprint density at radius 3 is 2.00 bits per heavy atom. The van der Waals surface area contributed by atoms with Crippen LogP contribution >= 0.6 is 66.1 Å². The van der Waals surface area contributed by atoms with Gasteiger partial charge in [-0.25, -0.2) is 0 Å². The van der Waals surface area contributed by atoms with Crippen LogP contribution in [0.25, 0.3) is 0 Å². The summed E-state index contributed by atoms with van der Waals surface area (Å²) in [6, 6.07) is 0. The molecule has 0 fully saturated rings. The summed E-state index contributed by atoms with van der Waals surface area (Å²) in [4.78, 5) is 0. The lowest BCUT2D eigenvalue weighted by atomic mass is 10.8. The van der Waals surface area contributed by atoms with Gasteiger partial charge in [-0.15, -0.1) is 11.6 Å². The van der Waals surface area contributed by atoms with Crippen molar-refractivity contribution in [3.8, 4) is 0 Å². The zero-order chi connectivity index (χ0) is 5.86. The molecule has 0 aromatic rings. The van der Waals surface area contributed by atoms with Gasteiger partial charge in [0.1, 0.15) is 0 Å². The summed E-state index contributed by atoms with van der Waals surface area (Å²) in [5.41, 5.74) is 0. The second kappa shape index (κ2) is 4.58. The van der Waals surface area contributed by atoms with E-state index >= 15 is 0 Å². The molecular weight excluding hydrogens is 358 g/mol. The third kappa shape index (κ3) is 4.24. The molecule has 0 spiro atoms. The Balaban J connectivity index is 3.72. The van der Waals surface area contributed by atoms with Gasteiger partial charge in [0.2, 0.25) is 0 Å². The smallest absolute Gasteiger partial charge is 0.0672 e. The number of rotatable bonds is 1. The van der Waals surface area contributed by atoms with Crippen LogP contribution in [0.1, 0.15) is 0 Å². The van der Waals surface area contributed by atoms with Gasteiger partial charge in [-0.05, 0) is 38.5 Å². The molecule has 42 valence electrons. The molecule has 0 saturated heterocycles. The maximum absolute atomic E-state index is 5.41. The molecule has 0 aliphatic carbocycles. The maximum Gasteiger partial charge on any atom is 0.0672 e. The van der Waals surface area contributed by atoms with E-state index in [1.54, 1.807) is 0 Å². The van der Waals surface area contributed by atoms with E-state index in [9.17, 15) is 0 Å². The van der Waals surface area contributed by atoms with Gasteiger partial charge in [-0.3, -0.25) is 0 Å². The van der Waals surface area contributed by atoms with E-state index in [0.717, 1.165) is 6.97 Å². The van der Waals surface area contributed by atoms with Gasteiger partial charge in [-0.1, -0.05) is 15.9 Å². The van der Waals surface area contributed by atoms with Gasteiger partial charge >= 0.3 is 0 Å². The lowest BCUT2D eigenvalue weighted by Gasteiger charge is -1.86. The van der Waals surface area contributed by atoms with Crippen LogP contribution in [-0.2, 0) is 0 Å². The highest BCUT2D eigenvalue weighted by Gasteiger charge is 1.91. The Morgan fingerprint density at radius 1 is 1.57 bits per heavy atom. The first-order valence-corrected chi connectivity index (χ1v) is 4.64. The molecule has 0 aromatic heterocycles. The van der Waals surface area contributed by atoms with E-state index < -0.39 is 0 Å². The van der Waals surface area contributed by atoms with E-state index in [1.165, 1.54) is 0 Å². The number of halogens is 4. The zero-order valence-electron chi connectivity index (χ0n) is 3.22. The monoisotopic (exact) mass is 358 g/mol. The van der Waals surface area contributed by atoms with Crippen molar-refractivity contribution in [1.82, 2.24) is 0 Å². The summed E-state index contributed by atoms with van der Waals surface area (Å²) < 4.78 is 2.02. The van der Waals surface area contributed by atoms with Crippen molar-refractivity contribution in [2.45, 2.75) is 0 Å². The second-order valence-corrected chi connectivity index (χ2v) is 5.38. The molecule has 0 bridgehead atoms. The molecule has 0 aliphatic heterocycles. The van der Waals surface area contributed by atoms with Gasteiger partial charge in [0, 0.05) is 4.48 Å². The number of hydrogen-bond acceptors (Lipinski definition) is 0. The Bertz CT molecular complexity index is 86.9. The van der Waals surface area contributed by atoms with Crippen LogP contribution in [0.4, 0.5) is 0 Å². The summed E-state index contributed by atoms with van der Waals surface area (Å²) in [5.74, 6) is 0.531. The molecule has 0 atom stereocenters. The molecule has 0 nitrogen and oxygen atoms in total. The fraction of sp³-hybridized carbons (Fsp3) is 0.333. The van der Waals surface area contributed by atoms with E-state index in [-0.39, 0.29) is 0 Å². The van der Waals surface area contributed by atoms with Gasteiger partial charge in [0.15, 0.2) is 0 Å². The van der Waals surface area contributed by atoms with Gasteiger partial charge in [0.05, 0.1) is 8.37 Å². The molecule has 0 heterocycles. The fourth-order valence-electron chi connectivity index (χ4n) is 0.0505. The normalized spacial score (nSPS) is 13.7. The van der Waals surface area contributed by atoms with E-state index in [0.29, 0.717) is 5.88 Å². The van der Waals surface area contributed by atoms with Gasteiger partial charge < -0.3 is 0 Å². The molecule has 0 N–H and O–H groups in total. The standard InChI is InChI=1S/C3H2Br2ClI/c4-2(1-6)3(5)7/h1H2/b3-2+. The van der Waals surface area contributed by atoms with Crippen molar-refractivity contribution in [2.75, 3.05) is 5.88 Å². The van der Waals surface area contributed by atoms with Crippen molar-refractivity contribution in [1.29, 1.82) is 0 Å². The topological polar surface area (TPSA) is 0 Å². The summed E-state index contributed by atoms with van der Waals surface area (Å²) in [6.07, 6.45) is 0. The first kappa shape index (κ1) is 8.72. The third-order valence-corrected chi connectivity index (χ3v) is 3.99. The minimum Gasteiger partial charge on any atom is -0.121 e. The molecule has 0 rings (SSSR count). The van der Waals surface area contributed by atoms with E-state index in [1.807, 2.05) is 0 Å². The van der Waals surface area contributed by atoms with Gasteiger partial charge in [0.25, 0.3) is 0 Å². The summed E-state index contributed by atoms with van der Waals surface area (Å²) >= 11 is 14.0. The minimum absolute atomic E-state index is 0.531. The minimum atomic E-state index is 0.531. The number of allylic oxidation sites excluding steroid dienone is 1. The quantitative estimate of drug-likeness (QED) is 0.495. The molecule has 0 aromatic carbocycles.